The summed E-state index contributed by atoms with van der Waals surface area (Å²) in [6, 6.07) is 16.7. The summed E-state index contributed by atoms with van der Waals surface area (Å²) in [5.74, 6) is 1.17. The van der Waals surface area contributed by atoms with E-state index in [0.717, 1.165) is 12.8 Å². The first-order chi connectivity index (χ1) is 13.2. The monoisotopic (exact) mass is 366 g/mol. The Balaban J connectivity index is 1.50. The molecule has 1 atom stereocenters. The number of ether oxygens (including phenoxy) is 2. The Morgan fingerprint density at radius 3 is 2.59 bits per heavy atom. The van der Waals surface area contributed by atoms with E-state index in [0.29, 0.717) is 43.1 Å². The minimum absolute atomic E-state index is 0.0594. The number of hydrogen-bond acceptors (Lipinski definition) is 4. The molecule has 2 amide bonds. The second-order valence-corrected chi connectivity index (χ2v) is 6.98. The molecule has 1 N–H and O–H groups in total. The normalized spacial score (nSPS) is 22.1. The standard InChI is InChI=1S/C21H22N2O4/c24-19(23-13-6-11-21(12-14-23)15-22-20(25)27-21)17-9-4-5-10-18(17)26-16-7-2-1-3-8-16/h1-5,7-10H,6,11-15H2,(H,22,25)/t21-/m1/s1. The molecule has 6 heteroatoms. The van der Waals surface area contributed by atoms with Crippen molar-refractivity contribution in [2.75, 3.05) is 19.6 Å². The van der Waals surface area contributed by atoms with Crippen LogP contribution in [0.1, 0.15) is 29.6 Å². The van der Waals surface area contributed by atoms with Gasteiger partial charge >= 0.3 is 6.09 Å². The molecular formula is C21H22N2O4. The molecule has 2 heterocycles. The van der Waals surface area contributed by atoms with Crippen LogP contribution in [0.25, 0.3) is 0 Å². The lowest BCUT2D eigenvalue weighted by atomic mass is 9.95. The van der Waals surface area contributed by atoms with E-state index in [1.165, 1.54) is 0 Å². The summed E-state index contributed by atoms with van der Waals surface area (Å²) in [5.41, 5.74) is 0.0606. The SMILES string of the molecule is O=C1NC[C@]2(CCCN(C(=O)c3ccccc3Oc3ccccc3)CC2)O1. The van der Waals surface area contributed by atoms with Crippen molar-refractivity contribution in [3.63, 3.8) is 0 Å². The third-order valence-electron chi connectivity index (χ3n) is 5.14. The predicted octanol–water partition coefficient (Wildman–Crippen LogP) is 3.58. The zero-order valence-electron chi connectivity index (χ0n) is 15.0. The van der Waals surface area contributed by atoms with Crippen LogP contribution < -0.4 is 10.1 Å². The number of nitrogens with zero attached hydrogens (tertiary/aromatic N) is 1. The second kappa shape index (κ2) is 7.31. The average Bonchev–Trinajstić information content (AvgIpc) is 2.93. The van der Waals surface area contributed by atoms with Gasteiger partial charge in [-0.05, 0) is 37.1 Å². The van der Waals surface area contributed by atoms with Gasteiger partial charge < -0.3 is 19.7 Å². The first kappa shape index (κ1) is 17.4. The van der Waals surface area contributed by atoms with Gasteiger partial charge in [-0.25, -0.2) is 4.79 Å². The fourth-order valence-electron chi connectivity index (χ4n) is 3.67. The van der Waals surface area contributed by atoms with Gasteiger partial charge in [0, 0.05) is 19.5 Å². The molecule has 2 aliphatic heterocycles. The first-order valence-electron chi connectivity index (χ1n) is 9.23. The van der Waals surface area contributed by atoms with Gasteiger partial charge in [0.1, 0.15) is 17.1 Å². The van der Waals surface area contributed by atoms with Crippen molar-refractivity contribution >= 4 is 12.0 Å². The van der Waals surface area contributed by atoms with E-state index in [4.69, 9.17) is 9.47 Å². The molecule has 6 nitrogen and oxygen atoms in total. The molecule has 2 aromatic carbocycles. The molecule has 4 rings (SSSR count). The Labute approximate surface area is 158 Å². The molecule has 0 aliphatic carbocycles. The fraction of sp³-hybridized carbons (Fsp3) is 0.333. The predicted molar refractivity (Wildman–Crippen MR) is 99.9 cm³/mol. The highest BCUT2D eigenvalue weighted by molar-refractivity contribution is 5.97. The van der Waals surface area contributed by atoms with Gasteiger partial charge in [-0.1, -0.05) is 30.3 Å². The van der Waals surface area contributed by atoms with E-state index in [1.54, 1.807) is 6.07 Å². The Kier molecular flexibility index (Phi) is 4.71. The van der Waals surface area contributed by atoms with Gasteiger partial charge in [0.25, 0.3) is 5.91 Å². The first-order valence-corrected chi connectivity index (χ1v) is 9.23. The molecule has 0 bridgehead atoms. The smallest absolute Gasteiger partial charge is 0.407 e. The van der Waals surface area contributed by atoms with Gasteiger partial charge in [0.2, 0.25) is 0 Å². The number of para-hydroxylation sites is 2. The third-order valence-corrected chi connectivity index (χ3v) is 5.14. The fourth-order valence-corrected chi connectivity index (χ4v) is 3.67. The van der Waals surface area contributed by atoms with Gasteiger partial charge in [-0.15, -0.1) is 0 Å². The van der Waals surface area contributed by atoms with Crippen molar-refractivity contribution in [1.29, 1.82) is 0 Å². The maximum absolute atomic E-state index is 13.2. The summed E-state index contributed by atoms with van der Waals surface area (Å²) >= 11 is 0. The molecule has 140 valence electrons. The molecule has 27 heavy (non-hydrogen) atoms. The highest BCUT2D eigenvalue weighted by Crippen LogP contribution is 2.31. The topological polar surface area (TPSA) is 67.9 Å². The van der Waals surface area contributed by atoms with Crippen LogP contribution >= 0.6 is 0 Å². The Morgan fingerprint density at radius 2 is 1.81 bits per heavy atom. The van der Waals surface area contributed by atoms with Gasteiger partial charge in [0.15, 0.2) is 0 Å². The number of carbonyl (C=O) groups excluding carboxylic acids is 2. The van der Waals surface area contributed by atoms with Crippen LogP contribution in [0, 0.1) is 0 Å². The molecule has 2 fully saturated rings. The van der Waals surface area contributed by atoms with Gasteiger partial charge in [-0.2, -0.15) is 0 Å². The quantitative estimate of drug-likeness (QED) is 0.901. The summed E-state index contributed by atoms with van der Waals surface area (Å²) in [6.45, 7) is 1.70. The average molecular weight is 366 g/mol. The van der Waals surface area contributed by atoms with Crippen molar-refractivity contribution in [2.24, 2.45) is 0 Å². The number of hydrogen-bond donors (Lipinski definition) is 1. The number of rotatable bonds is 3. The van der Waals surface area contributed by atoms with Gasteiger partial charge in [-0.3, -0.25) is 4.79 Å². The van der Waals surface area contributed by atoms with E-state index in [1.807, 2.05) is 53.4 Å². The zero-order chi connectivity index (χ0) is 18.7. The lowest BCUT2D eigenvalue weighted by Crippen LogP contribution is -2.36. The van der Waals surface area contributed by atoms with Crippen LogP contribution in [0.15, 0.2) is 54.6 Å². The van der Waals surface area contributed by atoms with Crippen LogP contribution in [0.4, 0.5) is 4.79 Å². The van der Waals surface area contributed by atoms with Crippen molar-refractivity contribution < 1.29 is 19.1 Å². The second-order valence-electron chi connectivity index (χ2n) is 6.98. The van der Waals surface area contributed by atoms with E-state index in [9.17, 15) is 9.59 Å². The molecule has 2 saturated heterocycles. The molecule has 2 aromatic rings. The van der Waals surface area contributed by atoms with E-state index in [-0.39, 0.29) is 12.0 Å². The molecule has 0 radical (unpaired) electrons. The van der Waals surface area contributed by atoms with Crippen molar-refractivity contribution in [1.82, 2.24) is 10.2 Å². The summed E-state index contributed by atoms with van der Waals surface area (Å²) in [4.78, 5) is 26.4. The third kappa shape index (κ3) is 3.74. The maximum Gasteiger partial charge on any atom is 0.407 e. The maximum atomic E-state index is 13.2. The minimum atomic E-state index is -0.480. The van der Waals surface area contributed by atoms with E-state index < -0.39 is 5.60 Å². The summed E-state index contributed by atoms with van der Waals surface area (Å²) in [5, 5.41) is 2.74. The Hall–Kier alpha value is -3.02. The highest BCUT2D eigenvalue weighted by atomic mass is 16.6. The van der Waals surface area contributed by atoms with Crippen LogP contribution in [0.2, 0.25) is 0 Å². The molecule has 1 spiro atoms. The molecular weight excluding hydrogens is 344 g/mol. The molecule has 2 aliphatic rings. The largest absolute Gasteiger partial charge is 0.457 e. The highest BCUT2D eigenvalue weighted by Gasteiger charge is 2.42. The summed E-state index contributed by atoms with van der Waals surface area (Å²) in [7, 11) is 0. The number of nitrogens with one attached hydrogen (secondary N) is 1. The van der Waals surface area contributed by atoms with Gasteiger partial charge in [0.05, 0.1) is 12.1 Å². The van der Waals surface area contributed by atoms with E-state index >= 15 is 0 Å². The van der Waals surface area contributed by atoms with Crippen molar-refractivity contribution in [3.8, 4) is 11.5 Å². The van der Waals surface area contributed by atoms with Crippen LogP contribution in [0.3, 0.4) is 0 Å². The lowest BCUT2D eigenvalue weighted by molar-refractivity contribution is 0.0438. The van der Waals surface area contributed by atoms with E-state index in [2.05, 4.69) is 5.32 Å². The Bertz CT molecular complexity index is 839. The molecule has 0 unspecified atom stereocenters. The number of likely N-dealkylation sites (tertiary alicyclic amines) is 1. The van der Waals surface area contributed by atoms with Crippen molar-refractivity contribution in [3.05, 3.63) is 60.2 Å². The molecule has 0 aromatic heterocycles. The lowest BCUT2D eigenvalue weighted by Gasteiger charge is -2.25. The number of carbonyl (C=O) groups is 2. The summed E-state index contributed by atoms with van der Waals surface area (Å²) in [6.07, 6.45) is 1.83. The van der Waals surface area contributed by atoms with Crippen molar-refractivity contribution in [2.45, 2.75) is 24.9 Å². The van der Waals surface area contributed by atoms with Crippen LogP contribution in [0.5, 0.6) is 11.5 Å². The number of alkyl carbamates (subject to hydrolysis) is 1. The number of amides is 2. The summed E-state index contributed by atoms with van der Waals surface area (Å²) < 4.78 is 11.4. The Morgan fingerprint density at radius 1 is 1.04 bits per heavy atom. The molecule has 0 saturated carbocycles. The minimum Gasteiger partial charge on any atom is -0.457 e. The van der Waals surface area contributed by atoms with Crippen LogP contribution in [-0.2, 0) is 4.74 Å². The van der Waals surface area contributed by atoms with Crippen LogP contribution in [-0.4, -0.2) is 42.1 Å². The zero-order valence-corrected chi connectivity index (χ0v) is 15.0. The number of benzene rings is 2.